The molecule has 2 rings (SSSR count). The first-order valence-corrected chi connectivity index (χ1v) is 7.01. The molecule has 1 unspecified atom stereocenters. The average Bonchev–Trinajstić information content (AvgIpc) is 2.72. The molecular formula is C15H21N3O4. The Morgan fingerprint density at radius 3 is 2.41 bits per heavy atom. The second-order valence-corrected chi connectivity index (χ2v) is 4.56. The van der Waals surface area contributed by atoms with Crippen LogP contribution in [0.3, 0.4) is 0 Å². The van der Waals surface area contributed by atoms with Crippen molar-refractivity contribution >= 4 is 23.6 Å². The van der Waals surface area contributed by atoms with Gasteiger partial charge in [0, 0.05) is 25.3 Å². The zero-order valence-electron chi connectivity index (χ0n) is 13.1. The van der Waals surface area contributed by atoms with Crippen LogP contribution >= 0.6 is 0 Å². The number of carboxylic acid groups (broad SMARTS) is 1. The largest absolute Gasteiger partial charge is 0.481 e. The van der Waals surface area contributed by atoms with E-state index < -0.39 is 29.9 Å². The summed E-state index contributed by atoms with van der Waals surface area (Å²) in [4.78, 5) is 36.6. The topological polar surface area (TPSA) is 98.7 Å². The summed E-state index contributed by atoms with van der Waals surface area (Å²) < 4.78 is 0. The Morgan fingerprint density at radius 2 is 1.86 bits per heavy atom. The van der Waals surface area contributed by atoms with Gasteiger partial charge in [0.1, 0.15) is 0 Å². The molecule has 1 atom stereocenters. The second kappa shape index (κ2) is 6.93. The monoisotopic (exact) mass is 307 g/mol. The van der Waals surface area contributed by atoms with E-state index in [-0.39, 0.29) is 0 Å². The van der Waals surface area contributed by atoms with Crippen LogP contribution in [0.1, 0.15) is 25.8 Å². The molecule has 0 fully saturated rings. The summed E-state index contributed by atoms with van der Waals surface area (Å²) in [6.07, 6.45) is -0.513. The lowest BCUT2D eigenvalue weighted by Gasteiger charge is -2.27. The molecule has 7 heteroatoms. The molecule has 0 spiro atoms. The van der Waals surface area contributed by atoms with E-state index in [1.54, 1.807) is 31.3 Å². The lowest BCUT2D eigenvalue weighted by atomic mass is 9.88. The van der Waals surface area contributed by atoms with Crippen LogP contribution in [0.15, 0.2) is 24.3 Å². The minimum Gasteiger partial charge on any atom is -0.481 e. The van der Waals surface area contributed by atoms with Crippen molar-refractivity contribution in [3.63, 3.8) is 0 Å². The van der Waals surface area contributed by atoms with Crippen molar-refractivity contribution in [2.24, 2.45) is 0 Å². The number of hydrogen-bond acceptors (Lipinski definition) is 3. The fourth-order valence-corrected chi connectivity index (χ4v) is 2.46. The highest BCUT2D eigenvalue weighted by molar-refractivity contribution is 6.10. The van der Waals surface area contributed by atoms with Crippen LogP contribution in [0.4, 0.5) is 10.5 Å². The Bertz CT molecular complexity index is 588. The van der Waals surface area contributed by atoms with Gasteiger partial charge in [-0.25, -0.2) is 4.79 Å². The number of para-hydroxylation sites is 1. The standard InChI is InChI=1S/C13H15N3O4.C2H6/c1-14-12(20)15-13(7-10(17)18)8-5-3-4-6-9(8)16(2)11(13)19;1-2/h3-6H,7H2,1-2H3,(H,17,18)(H2,14,15,20);1-2H3. The summed E-state index contributed by atoms with van der Waals surface area (Å²) in [6, 6.07) is 6.20. The van der Waals surface area contributed by atoms with E-state index in [1.807, 2.05) is 13.8 Å². The van der Waals surface area contributed by atoms with Gasteiger partial charge in [-0.15, -0.1) is 0 Å². The lowest BCUT2D eigenvalue weighted by molar-refractivity contribution is -0.141. The summed E-state index contributed by atoms with van der Waals surface area (Å²) in [6.45, 7) is 4.00. The molecule has 3 amide bonds. The van der Waals surface area contributed by atoms with Crippen LogP contribution in [0, 0.1) is 0 Å². The predicted molar refractivity (Wildman–Crippen MR) is 82.7 cm³/mol. The zero-order chi connectivity index (χ0) is 16.9. The second-order valence-electron chi connectivity index (χ2n) is 4.56. The summed E-state index contributed by atoms with van der Waals surface area (Å²) >= 11 is 0. The van der Waals surface area contributed by atoms with Crippen LogP contribution in [0.5, 0.6) is 0 Å². The molecular weight excluding hydrogens is 286 g/mol. The van der Waals surface area contributed by atoms with Crippen molar-refractivity contribution in [3.8, 4) is 0 Å². The molecule has 1 aromatic rings. The number of nitrogens with one attached hydrogen (secondary N) is 2. The molecule has 0 saturated carbocycles. The van der Waals surface area contributed by atoms with Gasteiger partial charge in [0.25, 0.3) is 5.91 Å². The first-order chi connectivity index (χ1) is 10.4. The van der Waals surface area contributed by atoms with Gasteiger partial charge in [-0.2, -0.15) is 0 Å². The van der Waals surface area contributed by atoms with Crippen LogP contribution in [-0.2, 0) is 15.1 Å². The van der Waals surface area contributed by atoms with E-state index in [1.165, 1.54) is 11.9 Å². The maximum atomic E-state index is 12.5. The molecule has 1 aliphatic rings. The number of likely N-dealkylation sites (N-methyl/N-ethyl adjacent to an activating group) is 1. The van der Waals surface area contributed by atoms with E-state index in [0.29, 0.717) is 11.3 Å². The third kappa shape index (κ3) is 2.88. The summed E-state index contributed by atoms with van der Waals surface area (Å²) in [7, 11) is 2.95. The van der Waals surface area contributed by atoms with E-state index in [0.717, 1.165) is 0 Å². The van der Waals surface area contributed by atoms with Crippen molar-refractivity contribution in [2.45, 2.75) is 25.8 Å². The number of benzene rings is 1. The van der Waals surface area contributed by atoms with Gasteiger partial charge in [0.2, 0.25) is 0 Å². The normalized spacial score (nSPS) is 18.9. The number of aliphatic carboxylic acids is 1. The Hall–Kier alpha value is -2.57. The molecule has 1 aromatic carbocycles. The minimum atomic E-state index is -1.57. The molecule has 1 aliphatic heterocycles. The molecule has 0 saturated heterocycles. The van der Waals surface area contributed by atoms with Gasteiger partial charge in [-0.1, -0.05) is 32.0 Å². The highest BCUT2D eigenvalue weighted by atomic mass is 16.4. The number of hydrogen-bond donors (Lipinski definition) is 3. The van der Waals surface area contributed by atoms with Crippen molar-refractivity contribution in [3.05, 3.63) is 29.8 Å². The highest BCUT2D eigenvalue weighted by Gasteiger charge is 2.52. The molecule has 0 aromatic heterocycles. The number of fused-ring (bicyclic) bond motifs is 1. The smallest absolute Gasteiger partial charge is 0.315 e. The Morgan fingerprint density at radius 1 is 1.27 bits per heavy atom. The fraction of sp³-hybridized carbons (Fsp3) is 0.400. The first-order valence-electron chi connectivity index (χ1n) is 7.01. The highest BCUT2D eigenvalue weighted by Crippen LogP contribution is 2.41. The Labute approximate surface area is 129 Å². The summed E-state index contributed by atoms with van der Waals surface area (Å²) in [5.74, 6) is -1.63. The number of rotatable bonds is 3. The van der Waals surface area contributed by atoms with Crippen LogP contribution in [0.2, 0.25) is 0 Å². The molecule has 1 heterocycles. The van der Waals surface area contributed by atoms with E-state index in [4.69, 9.17) is 5.11 Å². The van der Waals surface area contributed by atoms with Crippen molar-refractivity contribution in [1.82, 2.24) is 10.6 Å². The summed E-state index contributed by atoms with van der Waals surface area (Å²) in [5.41, 5.74) is -0.495. The molecule has 7 nitrogen and oxygen atoms in total. The Balaban J connectivity index is 0.00000116. The number of amides is 3. The van der Waals surface area contributed by atoms with Crippen LogP contribution in [0.25, 0.3) is 0 Å². The molecule has 0 aliphatic carbocycles. The van der Waals surface area contributed by atoms with Crippen molar-refractivity contribution < 1.29 is 19.5 Å². The SMILES string of the molecule is CC.CNC(=O)NC1(CC(=O)O)C(=O)N(C)c2ccccc21. The molecule has 0 radical (unpaired) electrons. The number of carbonyl (C=O) groups excluding carboxylic acids is 2. The maximum Gasteiger partial charge on any atom is 0.315 e. The average molecular weight is 307 g/mol. The van der Waals surface area contributed by atoms with Crippen LogP contribution in [-0.4, -0.2) is 37.1 Å². The van der Waals surface area contributed by atoms with Gasteiger partial charge in [-0.3, -0.25) is 9.59 Å². The molecule has 120 valence electrons. The third-order valence-corrected chi connectivity index (χ3v) is 3.37. The van der Waals surface area contributed by atoms with E-state index >= 15 is 0 Å². The number of urea groups is 1. The van der Waals surface area contributed by atoms with Gasteiger partial charge in [0.15, 0.2) is 5.54 Å². The number of carbonyl (C=O) groups is 3. The van der Waals surface area contributed by atoms with Crippen molar-refractivity contribution in [1.29, 1.82) is 0 Å². The number of carboxylic acids is 1. The molecule has 22 heavy (non-hydrogen) atoms. The van der Waals surface area contributed by atoms with E-state index in [2.05, 4.69) is 10.6 Å². The maximum absolute atomic E-state index is 12.5. The van der Waals surface area contributed by atoms with Crippen molar-refractivity contribution in [2.75, 3.05) is 19.0 Å². The third-order valence-electron chi connectivity index (χ3n) is 3.37. The first kappa shape index (κ1) is 17.5. The van der Waals surface area contributed by atoms with Gasteiger partial charge in [-0.05, 0) is 6.07 Å². The number of anilines is 1. The molecule has 3 N–H and O–H groups in total. The lowest BCUT2D eigenvalue weighted by Crippen LogP contribution is -2.55. The minimum absolute atomic E-state index is 0.468. The van der Waals surface area contributed by atoms with E-state index in [9.17, 15) is 14.4 Å². The van der Waals surface area contributed by atoms with Crippen LogP contribution < -0.4 is 15.5 Å². The quantitative estimate of drug-likeness (QED) is 0.783. The van der Waals surface area contributed by atoms with Gasteiger partial charge >= 0.3 is 12.0 Å². The predicted octanol–water partition coefficient (Wildman–Crippen LogP) is 1.29. The molecule has 0 bridgehead atoms. The van der Waals surface area contributed by atoms with Gasteiger partial charge < -0.3 is 20.6 Å². The number of nitrogens with zero attached hydrogens (tertiary/aromatic N) is 1. The zero-order valence-corrected chi connectivity index (χ0v) is 13.1. The fourth-order valence-electron chi connectivity index (χ4n) is 2.46. The Kier molecular flexibility index (Phi) is 5.50. The van der Waals surface area contributed by atoms with Gasteiger partial charge in [0.05, 0.1) is 6.42 Å². The summed E-state index contributed by atoms with van der Waals surface area (Å²) in [5, 5.41) is 13.9.